The summed E-state index contributed by atoms with van der Waals surface area (Å²) in [5.74, 6) is -0.0894. The van der Waals surface area contributed by atoms with E-state index < -0.39 is 0 Å². The third-order valence-corrected chi connectivity index (χ3v) is 2.74. The van der Waals surface area contributed by atoms with Gasteiger partial charge in [0.15, 0.2) is 0 Å². The largest absolute Gasteiger partial charge is 0.207 e. The minimum Gasteiger partial charge on any atom is -0.207 e. The number of benzene rings is 1. The monoisotopic (exact) mass is 176 g/mol. The molecular formula is C12H13F. The van der Waals surface area contributed by atoms with E-state index in [2.05, 4.69) is 13.0 Å². The van der Waals surface area contributed by atoms with Gasteiger partial charge in [-0.25, -0.2) is 4.39 Å². The first kappa shape index (κ1) is 8.49. The van der Waals surface area contributed by atoms with Gasteiger partial charge >= 0.3 is 0 Å². The fraction of sp³-hybridized carbons (Fsp3) is 0.333. The third-order valence-electron chi connectivity index (χ3n) is 2.74. The van der Waals surface area contributed by atoms with Crippen LogP contribution in [0.25, 0.3) is 11.6 Å². The van der Waals surface area contributed by atoms with Gasteiger partial charge in [0.2, 0.25) is 0 Å². The molecule has 0 aromatic heterocycles. The van der Waals surface area contributed by atoms with Crippen molar-refractivity contribution in [3.05, 3.63) is 34.0 Å². The number of rotatable bonds is 0. The van der Waals surface area contributed by atoms with E-state index in [9.17, 15) is 4.39 Å². The smallest absolute Gasteiger partial charge is 0.126 e. The molecule has 0 aliphatic heterocycles. The van der Waals surface area contributed by atoms with Gasteiger partial charge in [0.25, 0.3) is 0 Å². The molecule has 0 amide bonds. The van der Waals surface area contributed by atoms with Crippen LogP contribution in [0.15, 0.2) is 12.1 Å². The molecule has 0 saturated carbocycles. The maximum Gasteiger partial charge on any atom is 0.126 e. The van der Waals surface area contributed by atoms with Crippen LogP contribution in [-0.2, 0) is 0 Å². The molecule has 0 unspecified atom stereocenters. The molecule has 1 heteroatoms. The molecule has 68 valence electrons. The lowest BCUT2D eigenvalue weighted by molar-refractivity contribution is 0.615. The molecule has 0 N–H and O–H groups in total. The highest BCUT2D eigenvalue weighted by molar-refractivity contribution is 5.51. The van der Waals surface area contributed by atoms with E-state index in [0.29, 0.717) is 0 Å². The fourth-order valence-corrected chi connectivity index (χ4v) is 2.01. The van der Waals surface area contributed by atoms with Gasteiger partial charge in [-0.05, 0) is 48.8 Å². The lowest BCUT2D eigenvalue weighted by Gasteiger charge is -2.08. The van der Waals surface area contributed by atoms with E-state index in [4.69, 9.17) is 0 Å². The topological polar surface area (TPSA) is 0 Å². The zero-order valence-corrected chi connectivity index (χ0v) is 8.02. The number of hydrogen-bond acceptors (Lipinski definition) is 0. The summed E-state index contributed by atoms with van der Waals surface area (Å²) in [7, 11) is 0. The SMILES string of the molecule is CC1=c2c(C)c(F)ccc2=CCC1. The molecule has 1 aromatic carbocycles. The van der Waals surface area contributed by atoms with Crippen LogP contribution in [0, 0.1) is 12.7 Å². The summed E-state index contributed by atoms with van der Waals surface area (Å²) in [5.41, 5.74) is 2.11. The second-order valence-corrected chi connectivity index (χ2v) is 3.66. The summed E-state index contributed by atoms with van der Waals surface area (Å²) in [4.78, 5) is 0. The third kappa shape index (κ3) is 1.28. The van der Waals surface area contributed by atoms with Gasteiger partial charge in [-0.3, -0.25) is 0 Å². The van der Waals surface area contributed by atoms with Crippen molar-refractivity contribution in [3.8, 4) is 0 Å². The Balaban J connectivity index is 2.96. The molecule has 1 aromatic rings. The standard InChI is InChI=1S/C12H13F/c1-8-4-3-5-10-6-7-11(13)9(2)12(8)10/h5-7H,3-4H2,1-2H3. The lowest BCUT2D eigenvalue weighted by atomic mass is 9.97. The average molecular weight is 176 g/mol. The highest BCUT2D eigenvalue weighted by Crippen LogP contribution is 2.08. The highest BCUT2D eigenvalue weighted by atomic mass is 19.1. The van der Waals surface area contributed by atoms with E-state index in [1.807, 2.05) is 13.0 Å². The van der Waals surface area contributed by atoms with Crippen molar-refractivity contribution in [2.75, 3.05) is 0 Å². The van der Waals surface area contributed by atoms with Crippen LogP contribution >= 0.6 is 0 Å². The second-order valence-electron chi connectivity index (χ2n) is 3.66. The summed E-state index contributed by atoms with van der Waals surface area (Å²) in [6, 6.07) is 3.43. The normalized spacial score (nSPS) is 15.2. The van der Waals surface area contributed by atoms with E-state index in [1.165, 1.54) is 10.8 Å². The Morgan fingerprint density at radius 1 is 1.23 bits per heavy atom. The van der Waals surface area contributed by atoms with Crippen molar-refractivity contribution in [1.29, 1.82) is 0 Å². The minimum atomic E-state index is -0.0894. The summed E-state index contributed by atoms with van der Waals surface area (Å²) >= 11 is 0. The second kappa shape index (κ2) is 2.99. The van der Waals surface area contributed by atoms with Gasteiger partial charge in [0.05, 0.1) is 0 Å². The van der Waals surface area contributed by atoms with Crippen molar-refractivity contribution < 1.29 is 4.39 Å². The Hall–Kier alpha value is -1.11. The highest BCUT2D eigenvalue weighted by Gasteiger charge is 2.05. The molecule has 0 spiro atoms. The zero-order valence-electron chi connectivity index (χ0n) is 8.02. The van der Waals surface area contributed by atoms with E-state index in [1.54, 1.807) is 6.07 Å². The first-order chi connectivity index (χ1) is 6.20. The quantitative estimate of drug-likeness (QED) is 0.566. The van der Waals surface area contributed by atoms with Gasteiger partial charge in [-0.2, -0.15) is 0 Å². The zero-order chi connectivity index (χ0) is 9.42. The van der Waals surface area contributed by atoms with Gasteiger partial charge in [-0.15, -0.1) is 0 Å². The molecule has 0 fully saturated rings. The molecule has 1 aliphatic carbocycles. The molecule has 0 nitrogen and oxygen atoms in total. The molecule has 0 bridgehead atoms. The van der Waals surface area contributed by atoms with Crippen LogP contribution in [0.4, 0.5) is 4.39 Å². The van der Waals surface area contributed by atoms with Crippen LogP contribution in [0.5, 0.6) is 0 Å². The number of hydrogen-bond donors (Lipinski definition) is 0. The Labute approximate surface area is 77.4 Å². The van der Waals surface area contributed by atoms with Crippen molar-refractivity contribution in [1.82, 2.24) is 0 Å². The van der Waals surface area contributed by atoms with Gasteiger partial charge in [0, 0.05) is 0 Å². The average Bonchev–Trinajstić information content (AvgIpc) is 2.12. The predicted octanol–water partition coefficient (Wildman–Crippen LogP) is 1.88. The molecule has 0 atom stereocenters. The maximum absolute atomic E-state index is 13.3. The van der Waals surface area contributed by atoms with Gasteiger partial charge < -0.3 is 0 Å². The Morgan fingerprint density at radius 3 is 2.77 bits per heavy atom. The van der Waals surface area contributed by atoms with Crippen LogP contribution in [0.1, 0.15) is 25.3 Å². The summed E-state index contributed by atoms with van der Waals surface area (Å²) < 4.78 is 13.3. The van der Waals surface area contributed by atoms with E-state index in [-0.39, 0.29) is 5.82 Å². The maximum atomic E-state index is 13.3. The molecule has 2 rings (SSSR count). The van der Waals surface area contributed by atoms with Gasteiger partial charge in [-0.1, -0.05) is 17.7 Å². The Morgan fingerprint density at radius 2 is 2.00 bits per heavy atom. The van der Waals surface area contributed by atoms with Crippen LogP contribution in [0.2, 0.25) is 0 Å². The molecule has 0 saturated heterocycles. The first-order valence-electron chi connectivity index (χ1n) is 4.65. The molecule has 0 radical (unpaired) electrons. The number of fused-ring (bicyclic) bond motifs is 1. The minimum absolute atomic E-state index is 0.0894. The summed E-state index contributed by atoms with van der Waals surface area (Å²) in [5, 5.41) is 2.33. The molecular weight excluding hydrogens is 163 g/mol. The van der Waals surface area contributed by atoms with Crippen LogP contribution in [0.3, 0.4) is 0 Å². The molecule has 1 aliphatic rings. The van der Waals surface area contributed by atoms with Crippen LogP contribution in [-0.4, -0.2) is 0 Å². The van der Waals surface area contributed by atoms with Gasteiger partial charge in [0.1, 0.15) is 5.82 Å². The Kier molecular flexibility index (Phi) is 1.95. The lowest BCUT2D eigenvalue weighted by Crippen LogP contribution is -2.32. The van der Waals surface area contributed by atoms with Crippen molar-refractivity contribution in [2.45, 2.75) is 26.7 Å². The van der Waals surface area contributed by atoms with Crippen LogP contribution < -0.4 is 10.4 Å². The first-order valence-corrected chi connectivity index (χ1v) is 4.65. The van der Waals surface area contributed by atoms with Crippen molar-refractivity contribution in [2.24, 2.45) is 0 Å². The predicted molar refractivity (Wildman–Crippen MR) is 53.2 cm³/mol. The molecule has 0 heterocycles. The van der Waals surface area contributed by atoms with Crippen molar-refractivity contribution >= 4 is 11.6 Å². The Bertz CT molecular complexity index is 455. The van der Waals surface area contributed by atoms with Crippen molar-refractivity contribution in [3.63, 3.8) is 0 Å². The van der Waals surface area contributed by atoms with E-state index >= 15 is 0 Å². The van der Waals surface area contributed by atoms with E-state index in [0.717, 1.165) is 23.6 Å². The summed E-state index contributed by atoms with van der Waals surface area (Å²) in [6.45, 7) is 3.95. The summed E-state index contributed by atoms with van der Waals surface area (Å²) in [6.07, 6.45) is 4.34. The molecule has 13 heavy (non-hydrogen) atoms. The fourth-order valence-electron chi connectivity index (χ4n) is 2.01. The number of halogens is 1.